The minimum absolute atomic E-state index is 0.0240. The van der Waals surface area contributed by atoms with Gasteiger partial charge in [0.1, 0.15) is 11.5 Å². The summed E-state index contributed by atoms with van der Waals surface area (Å²) in [6, 6.07) is 7.27. The Hall–Kier alpha value is -1.64. The first-order valence-electron chi connectivity index (χ1n) is 15.4. The number of carbonyl (C=O) groups is 2. The van der Waals surface area contributed by atoms with Gasteiger partial charge in [-0.15, -0.1) is 0 Å². The van der Waals surface area contributed by atoms with E-state index in [2.05, 4.69) is 13.8 Å². The fourth-order valence-electron chi connectivity index (χ4n) is 4.70. The average Bonchev–Trinajstić information content (AvgIpc) is 2.88. The van der Waals surface area contributed by atoms with Gasteiger partial charge < -0.3 is 4.74 Å². The zero-order chi connectivity index (χ0) is 26.1. The standard InChI is InChI=1S/C33H56O3/c1-3-5-7-9-10-11-12-13-14-15-16-17-18-19-21-23-31(34)29-33(35)30-24-26-32(27-25-30)36-28-22-20-8-6-4-2/h24-27H,3-23,28-29H2,1-2H3. The third-order valence-electron chi connectivity index (χ3n) is 7.11. The first-order chi connectivity index (χ1) is 17.7. The lowest BCUT2D eigenvalue weighted by atomic mass is 10.0. The minimum atomic E-state index is -0.0768. The van der Waals surface area contributed by atoms with E-state index in [4.69, 9.17) is 4.74 Å². The van der Waals surface area contributed by atoms with Crippen LogP contribution < -0.4 is 4.74 Å². The smallest absolute Gasteiger partial charge is 0.170 e. The lowest BCUT2D eigenvalue weighted by Gasteiger charge is -2.07. The predicted molar refractivity (Wildman–Crippen MR) is 154 cm³/mol. The first kappa shape index (κ1) is 32.4. The Balaban J connectivity index is 1.98. The molecule has 1 aromatic carbocycles. The molecule has 0 heterocycles. The molecule has 3 nitrogen and oxygen atoms in total. The maximum atomic E-state index is 12.4. The number of hydrogen-bond acceptors (Lipinski definition) is 3. The molecular formula is C33H56O3. The lowest BCUT2D eigenvalue weighted by molar-refractivity contribution is -0.118. The molecule has 206 valence electrons. The van der Waals surface area contributed by atoms with E-state index in [1.54, 1.807) is 12.1 Å². The van der Waals surface area contributed by atoms with Gasteiger partial charge in [0.05, 0.1) is 13.0 Å². The predicted octanol–water partition coefficient (Wildman–Crippen LogP) is 10.4. The van der Waals surface area contributed by atoms with Crippen LogP contribution in [0.25, 0.3) is 0 Å². The van der Waals surface area contributed by atoms with E-state index in [-0.39, 0.29) is 18.0 Å². The van der Waals surface area contributed by atoms with Gasteiger partial charge in [0.15, 0.2) is 5.78 Å². The molecule has 0 fully saturated rings. The molecule has 0 amide bonds. The molecule has 36 heavy (non-hydrogen) atoms. The van der Waals surface area contributed by atoms with Crippen molar-refractivity contribution in [3.05, 3.63) is 29.8 Å². The van der Waals surface area contributed by atoms with Gasteiger partial charge in [-0.2, -0.15) is 0 Å². The Morgan fingerprint density at radius 3 is 1.44 bits per heavy atom. The highest BCUT2D eigenvalue weighted by atomic mass is 16.5. The van der Waals surface area contributed by atoms with Crippen LogP contribution in [0.4, 0.5) is 0 Å². The van der Waals surface area contributed by atoms with Crippen LogP contribution in [0.5, 0.6) is 5.75 Å². The zero-order valence-electron chi connectivity index (χ0n) is 23.8. The van der Waals surface area contributed by atoms with Crippen LogP contribution in [-0.4, -0.2) is 18.2 Å². The van der Waals surface area contributed by atoms with Crippen LogP contribution in [0.2, 0.25) is 0 Å². The molecule has 1 rings (SSSR count). The summed E-state index contributed by atoms with van der Waals surface area (Å²) in [5.41, 5.74) is 0.607. The van der Waals surface area contributed by atoms with E-state index in [1.165, 1.54) is 109 Å². The van der Waals surface area contributed by atoms with Crippen molar-refractivity contribution < 1.29 is 14.3 Å². The van der Waals surface area contributed by atoms with Crippen molar-refractivity contribution in [2.75, 3.05) is 6.61 Å². The molecule has 0 radical (unpaired) electrons. The zero-order valence-corrected chi connectivity index (χ0v) is 23.8. The highest BCUT2D eigenvalue weighted by molar-refractivity contribution is 6.07. The van der Waals surface area contributed by atoms with Crippen molar-refractivity contribution in [3.8, 4) is 5.75 Å². The molecule has 0 aliphatic carbocycles. The Morgan fingerprint density at radius 1 is 0.556 bits per heavy atom. The van der Waals surface area contributed by atoms with E-state index >= 15 is 0 Å². The summed E-state index contributed by atoms with van der Waals surface area (Å²) in [5.74, 6) is 0.792. The van der Waals surface area contributed by atoms with E-state index in [9.17, 15) is 9.59 Å². The number of benzene rings is 1. The van der Waals surface area contributed by atoms with Crippen LogP contribution in [0.15, 0.2) is 24.3 Å². The maximum Gasteiger partial charge on any atom is 0.170 e. The highest BCUT2D eigenvalue weighted by Crippen LogP contribution is 2.16. The lowest BCUT2D eigenvalue weighted by Crippen LogP contribution is -2.08. The molecule has 3 heteroatoms. The number of ether oxygens (including phenoxy) is 1. The van der Waals surface area contributed by atoms with Gasteiger partial charge in [-0.05, 0) is 37.1 Å². The summed E-state index contributed by atoms with van der Waals surface area (Å²) in [6.07, 6.45) is 26.4. The van der Waals surface area contributed by atoms with E-state index in [0.29, 0.717) is 12.0 Å². The van der Waals surface area contributed by atoms with Gasteiger partial charge in [-0.3, -0.25) is 9.59 Å². The second-order valence-electron chi connectivity index (χ2n) is 10.6. The van der Waals surface area contributed by atoms with Crippen LogP contribution in [-0.2, 0) is 4.79 Å². The summed E-state index contributed by atoms with van der Waals surface area (Å²) < 4.78 is 5.76. The van der Waals surface area contributed by atoms with E-state index < -0.39 is 0 Å². The topological polar surface area (TPSA) is 43.4 Å². The molecule has 0 aliphatic heterocycles. The average molecular weight is 501 g/mol. The van der Waals surface area contributed by atoms with Gasteiger partial charge in [0, 0.05) is 12.0 Å². The van der Waals surface area contributed by atoms with Crippen LogP contribution in [0, 0.1) is 0 Å². The van der Waals surface area contributed by atoms with Crippen LogP contribution >= 0.6 is 0 Å². The fraction of sp³-hybridized carbons (Fsp3) is 0.758. The Kier molecular flexibility index (Phi) is 21.4. The summed E-state index contributed by atoms with van der Waals surface area (Å²) in [4.78, 5) is 24.7. The SMILES string of the molecule is CCCCCCCCCCCCCCCCCC(=O)CC(=O)c1ccc(OCCCCCCC)cc1. The van der Waals surface area contributed by atoms with Gasteiger partial charge in [-0.25, -0.2) is 0 Å². The molecule has 0 saturated carbocycles. The number of unbranched alkanes of at least 4 members (excludes halogenated alkanes) is 18. The van der Waals surface area contributed by atoms with E-state index in [1.807, 2.05) is 12.1 Å². The Labute approximate surface area is 223 Å². The van der Waals surface area contributed by atoms with E-state index in [0.717, 1.165) is 31.6 Å². The van der Waals surface area contributed by atoms with Crippen molar-refractivity contribution >= 4 is 11.6 Å². The summed E-state index contributed by atoms with van der Waals surface area (Å²) in [6.45, 7) is 5.21. The Bertz CT molecular complexity index is 649. The second kappa shape index (κ2) is 23.7. The third kappa shape index (κ3) is 18.6. The van der Waals surface area contributed by atoms with Crippen molar-refractivity contribution in [1.82, 2.24) is 0 Å². The highest BCUT2D eigenvalue weighted by Gasteiger charge is 2.12. The van der Waals surface area contributed by atoms with Crippen LogP contribution in [0.1, 0.15) is 165 Å². The maximum absolute atomic E-state index is 12.4. The number of rotatable bonds is 26. The molecule has 0 spiro atoms. The van der Waals surface area contributed by atoms with Gasteiger partial charge in [-0.1, -0.05) is 129 Å². The minimum Gasteiger partial charge on any atom is -0.494 e. The first-order valence-corrected chi connectivity index (χ1v) is 15.4. The number of ketones is 2. The summed E-state index contributed by atoms with van der Waals surface area (Å²) >= 11 is 0. The molecule has 0 unspecified atom stereocenters. The molecule has 0 N–H and O–H groups in total. The summed E-state index contributed by atoms with van der Waals surface area (Å²) in [7, 11) is 0. The molecule has 0 saturated heterocycles. The molecule has 0 aromatic heterocycles. The molecule has 1 aromatic rings. The number of Topliss-reactive ketones (excluding diaryl/α,β-unsaturated/α-hetero) is 2. The van der Waals surface area contributed by atoms with Crippen molar-refractivity contribution in [1.29, 1.82) is 0 Å². The summed E-state index contributed by atoms with van der Waals surface area (Å²) in [5, 5.41) is 0. The molecule has 0 atom stereocenters. The van der Waals surface area contributed by atoms with Gasteiger partial charge >= 0.3 is 0 Å². The Morgan fingerprint density at radius 2 is 0.972 bits per heavy atom. The number of carbonyl (C=O) groups excluding carboxylic acids is 2. The van der Waals surface area contributed by atoms with Crippen molar-refractivity contribution in [2.45, 2.75) is 155 Å². The van der Waals surface area contributed by atoms with Crippen LogP contribution in [0.3, 0.4) is 0 Å². The second-order valence-corrected chi connectivity index (χ2v) is 10.6. The van der Waals surface area contributed by atoms with Gasteiger partial charge in [0.25, 0.3) is 0 Å². The largest absolute Gasteiger partial charge is 0.494 e. The monoisotopic (exact) mass is 500 g/mol. The number of hydrogen-bond donors (Lipinski definition) is 0. The quantitative estimate of drug-likeness (QED) is 0.0721. The van der Waals surface area contributed by atoms with Gasteiger partial charge in [0.2, 0.25) is 0 Å². The normalized spacial score (nSPS) is 11.1. The molecular weight excluding hydrogens is 444 g/mol. The van der Waals surface area contributed by atoms with Crippen molar-refractivity contribution in [2.24, 2.45) is 0 Å². The molecule has 0 aliphatic rings. The fourth-order valence-corrected chi connectivity index (χ4v) is 4.70. The third-order valence-corrected chi connectivity index (χ3v) is 7.11. The molecule has 0 bridgehead atoms. The van der Waals surface area contributed by atoms with Crippen molar-refractivity contribution in [3.63, 3.8) is 0 Å².